The Hall–Kier alpha value is -0.0900. The van der Waals surface area contributed by atoms with E-state index in [9.17, 15) is 0 Å². The molecule has 78 valence electrons. The first kappa shape index (κ1) is 10.4. The molecule has 0 bridgehead atoms. The van der Waals surface area contributed by atoms with Gasteiger partial charge in [0, 0.05) is 16.8 Å². The van der Waals surface area contributed by atoms with Crippen molar-refractivity contribution in [1.29, 1.82) is 0 Å². The molecule has 0 aliphatic carbocycles. The van der Waals surface area contributed by atoms with Gasteiger partial charge in [0.05, 0.1) is 17.7 Å². The van der Waals surface area contributed by atoms with Crippen molar-refractivity contribution in [2.45, 2.75) is 25.5 Å². The van der Waals surface area contributed by atoms with Crippen LogP contribution >= 0.6 is 22.9 Å². The minimum atomic E-state index is 0.0347. The second-order valence-corrected chi connectivity index (χ2v) is 5.15. The Morgan fingerprint density at radius 1 is 1.71 bits per heavy atom. The molecule has 3 unspecified atom stereocenters. The molecule has 2 heterocycles. The lowest BCUT2D eigenvalue weighted by Crippen LogP contribution is -2.21. The van der Waals surface area contributed by atoms with Crippen LogP contribution in [0.4, 0.5) is 0 Å². The number of hydrogen-bond donors (Lipinski definition) is 1. The minimum absolute atomic E-state index is 0.0347. The van der Waals surface area contributed by atoms with Crippen molar-refractivity contribution in [2.75, 3.05) is 6.61 Å². The fourth-order valence-corrected chi connectivity index (χ4v) is 3.14. The van der Waals surface area contributed by atoms with Crippen molar-refractivity contribution in [1.82, 2.24) is 0 Å². The summed E-state index contributed by atoms with van der Waals surface area (Å²) >= 11 is 7.67. The molecule has 0 saturated carbocycles. The van der Waals surface area contributed by atoms with E-state index in [1.54, 1.807) is 11.3 Å². The lowest BCUT2D eigenvalue weighted by molar-refractivity contribution is 0.118. The molecule has 1 saturated heterocycles. The molecule has 2 nitrogen and oxygen atoms in total. The highest BCUT2D eigenvalue weighted by molar-refractivity contribution is 7.10. The van der Waals surface area contributed by atoms with Gasteiger partial charge >= 0.3 is 0 Å². The van der Waals surface area contributed by atoms with Gasteiger partial charge in [0.2, 0.25) is 0 Å². The van der Waals surface area contributed by atoms with Crippen LogP contribution in [-0.4, -0.2) is 12.7 Å². The summed E-state index contributed by atoms with van der Waals surface area (Å²) < 4.78 is 5.51. The first-order chi connectivity index (χ1) is 6.68. The standard InChI is InChI=1S/C10H14ClNOS/c1-6-4-7(5-13-6)9(12)10-8(11)2-3-14-10/h2-3,6-7,9H,4-5,12H2,1H3. The Balaban J connectivity index is 2.09. The van der Waals surface area contributed by atoms with Gasteiger partial charge in [-0.2, -0.15) is 0 Å². The lowest BCUT2D eigenvalue weighted by atomic mass is 9.96. The van der Waals surface area contributed by atoms with E-state index >= 15 is 0 Å². The first-order valence-electron chi connectivity index (χ1n) is 4.78. The third-order valence-corrected chi connectivity index (χ3v) is 4.14. The maximum atomic E-state index is 6.15. The average Bonchev–Trinajstić information content (AvgIpc) is 2.73. The van der Waals surface area contributed by atoms with Crippen LogP contribution in [0, 0.1) is 5.92 Å². The number of hydrogen-bond acceptors (Lipinski definition) is 3. The van der Waals surface area contributed by atoms with E-state index in [4.69, 9.17) is 22.1 Å². The average molecular weight is 232 g/mol. The summed E-state index contributed by atoms with van der Waals surface area (Å²) in [6.45, 7) is 2.85. The van der Waals surface area contributed by atoms with Gasteiger partial charge in [-0.3, -0.25) is 0 Å². The topological polar surface area (TPSA) is 35.2 Å². The molecule has 4 heteroatoms. The summed E-state index contributed by atoms with van der Waals surface area (Å²) in [7, 11) is 0. The van der Waals surface area contributed by atoms with E-state index in [1.165, 1.54) is 0 Å². The summed E-state index contributed by atoms with van der Waals surface area (Å²) in [6, 6.07) is 1.94. The quantitative estimate of drug-likeness (QED) is 0.850. The summed E-state index contributed by atoms with van der Waals surface area (Å²) in [6.07, 6.45) is 1.37. The minimum Gasteiger partial charge on any atom is -0.378 e. The van der Waals surface area contributed by atoms with E-state index in [2.05, 4.69) is 6.92 Å². The van der Waals surface area contributed by atoms with Crippen molar-refractivity contribution in [3.63, 3.8) is 0 Å². The molecular formula is C10H14ClNOS. The monoisotopic (exact) mass is 231 g/mol. The predicted molar refractivity (Wildman–Crippen MR) is 59.8 cm³/mol. The van der Waals surface area contributed by atoms with Crippen LogP contribution in [0.3, 0.4) is 0 Å². The van der Waals surface area contributed by atoms with Gasteiger partial charge in [0.15, 0.2) is 0 Å². The van der Waals surface area contributed by atoms with E-state index in [-0.39, 0.29) is 6.04 Å². The molecule has 0 amide bonds. The van der Waals surface area contributed by atoms with E-state index in [0.29, 0.717) is 12.0 Å². The molecule has 1 aromatic heterocycles. The fourth-order valence-electron chi connectivity index (χ4n) is 1.86. The maximum Gasteiger partial charge on any atom is 0.0561 e. The molecule has 1 aromatic rings. The second kappa shape index (κ2) is 4.19. The zero-order valence-electron chi connectivity index (χ0n) is 8.07. The predicted octanol–water partition coefficient (Wildman–Crippen LogP) is 2.83. The van der Waals surface area contributed by atoms with Crippen LogP contribution < -0.4 is 5.73 Å². The van der Waals surface area contributed by atoms with Crippen LogP contribution in [-0.2, 0) is 4.74 Å². The zero-order chi connectivity index (χ0) is 10.1. The van der Waals surface area contributed by atoms with Crippen LogP contribution in [0.1, 0.15) is 24.3 Å². The summed E-state index contributed by atoms with van der Waals surface area (Å²) in [5.41, 5.74) is 6.15. The smallest absolute Gasteiger partial charge is 0.0561 e. The van der Waals surface area contributed by atoms with Crippen molar-refractivity contribution < 1.29 is 4.74 Å². The maximum absolute atomic E-state index is 6.15. The Labute approximate surface area is 93.0 Å². The Kier molecular flexibility index (Phi) is 3.12. The van der Waals surface area contributed by atoms with Crippen molar-refractivity contribution in [3.8, 4) is 0 Å². The number of nitrogens with two attached hydrogens (primary N) is 1. The molecule has 0 spiro atoms. The third-order valence-electron chi connectivity index (χ3n) is 2.68. The summed E-state index contributed by atoms with van der Waals surface area (Å²) in [5, 5.41) is 2.78. The molecule has 1 aliphatic heterocycles. The number of ether oxygens (including phenoxy) is 1. The number of halogens is 1. The van der Waals surface area contributed by atoms with Crippen molar-refractivity contribution in [3.05, 3.63) is 21.3 Å². The van der Waals surface area contributed by atoms with Gasteiger partial charge in [-0.05, 0) is 24.8 Å². The Bertz CT molecular complexity index is 315. The highest BCUT2D eigenvalue weighted by Gasteiger charge is 2.29. The summed E-state index contributed by atoms with van der Waals surface area (Å²) in [4.78, 5) is 1.09. The molecule has 2 rings (SSSR count). The van der Waals surface area contributed by atoms with Crippen LogP contribution in [0.5, 0.6) is 0 Å². The molecule has 0 aromatic carbocycles. The highest BCUT2D eigenvalue weighted by atomic mass is 35.5. The molecule has 1 fully saturated rings. The molecule has 2 N–H and O–H groups in total. The van der Waals surface area contributed by atoms with Crippen LogP contribution in [0.15, 0.2) is 11.4 Å². The van der Waals surface area contributed by atoms with Crippen LogP contribution in [0.25, 0.3) is 0 Å². The Morgan fingerprint density at radius 2 is 2.50 bits per heavy atom. The zero-order valence-corrected chi connectivity index (χ0v) is 9.65. The largest absolute Gasteiger partial charge is 0.378 e. The number of rotatable bonds is 2. The molecule has 1 aliphatic rings. The van der Waals surface area contributed by atoms with E-state index < -0.39 is 0 Å². The van der Waals surface area contributed by atoms with Crippen LogP contribution in [0.2, 0.25) is 5.02 Å². The fraction of sp³-hybridized carbons (Fsp3) is 0.600. The van der Waals surface area contributed by atoms with Gasteiger partial charge in [-0.15, -0.1) is 11.3 Å². The van der Waals surface area contributed by atoms with Crippen molar-refractivity contribution >= 4 is 22.9 Å². The molecule has 14 heavy (non-hydrogen) atoms. The van der Waals surface area contributed by atoms with Crippen molar-refractivity contribution in [2.24, 2.45) is 11.7 Å². The van der Waals surface area contributed by atoms with Gasteiger partial charge in [0.1, 0.15) is 0 Å². The highest BCUT2D eigenvalue weighted by Crippen LogP contribution is 2.36. The number of thiophene rings is 1. The second-order valence-electron chi connectivity index (χ2n) is 3.80. The normalized spacial score (nSPS) is 29.4. The first-order valence-corrected chi connectivity index (χ1v) is 6.04. The Morgan fingerprint density at radius 3 is 3.00 bits per heavy atom. The van der Waals surface area contributed by atoms with E-state index in [0.717, 1.165) is 22.9 Å². The van der Waals surface area contributed by atoms with Gasteiger partial charge in [0.25, 0.3) is 0 Å². The molecule has 0 radical (unpaired) electrons. The molecule has 3 atom stereocenters. The summed E-state index contributed by atoms with van der Waals surface area (Å²) in [5.74, 6) is 0.418. The third kappa shape index (κ3) is 1.96. The lowest BCUT2D eigenvalue weighted by Gasteiger charge is -2.16. The van der Waals surface area contributed by atoms with Gasteiger partial charge in [-0.25, -0.2) is 0 Å². The molecular weight excluding hydrogens is 218 g/mol. The van der Waals surface area contributed by atoms with E-state index in [1.807, 2.05) is 11.4 Å². The SMILES string of the molecule is CC1CC(C(N)c2sccc2Cl)CO1. The van der Waals surface area contributed by atoms with Gasteiger partial charge < -0.3 is 10.5 Å². The van der Waals surface area contributed by atoms with Gasteiger partial charge in [-0.1, -0.05) is 11.6 Å².